The van der Waals surface area contributed by atoms with Crippen molar-refractivity contribution in [2.24, 2.45) is 0 Å². The predicted molar refractivity (Wildman–Crippen MR) is 97.9 cm³/mol. The van der Waals surface area contributed by atoms with Crippen molar-refractivity contribution in [2.45, 2.75) is 26.3 Å². The molecule has 0 bridgehead atoms. The van der Waals surface area contributed by atoms with Gasteiger partial charge < -0.3 is 21.1 Å². The summed E-state index contributed by atoms with van der Waals surface area (Å²) in [5.74, 6) is -1.30. The largest absolute Gasteiger partial charge is 0.480 e. The number of carboxylic acid groups (broad SMARTS) is 1. The Bertz CT molecular complexity index is 600. The Morgan fingerprint density at radius 3 is 2.68 bits per heavy atom. The Hall–Kier alpha value is -1.96. The number of anilines is 1. The lowest BCUT2D eigenvalue weighted by molar-refractivity contribution is -0.141. The maximum atomic E-state index is 12.2. The summed E-state index contributed by atoms with van der Waals surface area (Å²) in [6.07, 6.45) is -0.0930. The first kappa shape index (κ1) is 19.4. The van der Waals surface area contributed by atoms with Crippen LogP contribution in [0.15, 0.2) is 18.2 Å². The van der Waals surface area contributed by atoms with E-state index in [0.717, 1.165) is 49.5 Å². The van der Waals surface area contributed by atoms with Crippen molar-refractivity contribution < 1.29 is 14.7 Å². The van der Waals surface area contributed by atoms with Crippen molar-refractivity contribution in [1.29, 1.82) is 0 Å². The van der Waals surface area contributed by atoms with Crippen LogP contribution in [-0.2, 0) is 9.59 Å². The lowest BCUT2D eigenvalue weighted by Gasteiger charge is -2.27. The van der Waals surface area contributed by atoms with E-state index >= 15 is 0 Å². The van der Waals surface area contributed by atoms with Gasteiger partial charge in [0.15, 0.2) is 0 Å². The van der Waals surface area contributed by atoms with Crippen LogP contribution in [0.2, 0.25) is 0 Å². The normalized spacial score (nSPS) is 16.4. The molecule has 4 N–H and O–H groups in total. The molecule has 1 heterocycles. The third-order valence-electron chi connectivity index (χ3n) is 4.38. The van der Waals surface area contributed by atoms with Gasteiger partial charge in [-0.3, -0.25) is 14.5 Å². The molecular formula is C18H28N4O3. The monoisotopic (exact) mass is 348 g/mol. The maximum absolute atomic E-state index is 12.2. The molecular weight excluding hydrogens is 320 g/mol. The fraction of sp³-hybridized carbons (Fsp3) is 0.556. The summed E-state index contributed by atoms with van der Waals surface area (Å²) in [7, 11) is 0. The molecule has 2 rings (SSSR count). The van der Waals surface area contributed by atoms with Crippen molar-refractivity contribution in [1.82, 2.24) is 15.5 Å². The van der Waals surface area contributed by atoms with E-state index in [0.29, 0.717) is 6.54 Å². The molecule has 1 amide bonds. The highest BCUT2D eigenvalue weighted by Gasteiger charge is 2.21. The molecule has 1 atom stereocenters. The van der Waals surface area contributed by atoms with Crippen LogP contribution in [0.3, 0.4) is 0 Å². The molecule has 1 fully saturated rings. The molecule has 0 radical (unpaired) electrons. The Labute approximate surface area is 148 Å². The van der Waals surface area contributed by atoms with Crippen LogP contribution >= 0.6 is 0 Å². The molecule has 0 unspecified atom stereocenters. The first-order chi connectivity index (χ1) is 12.0. The van der Waals surface area contributed by atoms with Crippen molar-refractivity contribution in [3.8, 4) is 0 Å². The van der Waals surface area contributed by atoms with E-state index < -0.39 is 12.0 Å². The summed E-state index contributed by atoms with van der Waals surface area (Å²) in [6.45, 7) is 9.04. The molecule has 0 aromatic heterocycles. The molecule has 1 aromatic rings. The summed E-state index contributed by atoms with van der Waals surface area (Å²) in [5, 5.41) is 18.4. The number of rotatable bonds is 8. The minimum Gasteiger partial charge on any atom is -0.480 e. The van der Waals surface area contributed by atoms with E-state index in [2.05, 4.69) is 20.9 Å². The van der Waals surface area contributed by atoms with Gasteiger partial charge in [-0.05, 0) is 31.0 Å². The van der Waals surface area contributed by atoms with Crippen molar-refractivity contribution in [3.05, 3.63) is 29.3 Å². The second-order valence-corrected chi connectivity index (χ2v) is 6.51. The standard InChI is InChI=1S/C18H28N4O3/c1-13-3-4-14(2)15(11-13)21-17(23)12-16(18(24)25)20-7-10-22-8-5-19-6-9-22/h3-4,11,16,19-20H,5-10,12H2,1-2H3,(H,21,23)(H,24,25)/t16-/m0/s1. The lowest BCUT2D eigenvalue weighted by atomic mass is 10.1. The van der Waals surface area contributed by atoms with E-state index in [-0.39, 0.29) is 12.3 Å². The van der Waals surface area contributed by atoms with Crippen molar-refractivity contribution in [3.63, 3.8) is 0 Å². The van der Waals surface area contributed by atoms with Gasteiger partial charge >= 0.3 is 5.97 Å². The van der Waals surface area contributed by atoms with Gasteiger partial charge in [-0.1, -0.05) is 12.1 Å². The highest BCUT2D eigenvalue weighted by Crippen LogP contribution is 2.16. The Morgan fingerprint density at radius 1 is 1.28 bits per heavy atom. The van der Waals surface area contributed by atoms with Crippen LogP contribution in [0.1, 0.15) is 17.5 Å². The molecule has 7 nitrogen and oxygen atoms in total. The van der Waals surface area contributed by atoms with Crippen LogP contribution in [0.4, 0.5) is 5.69 Å². The maximum Gasteiger partial charge on any atom is 0.321 e. The van der Waals surface area contributed by atoms with Crippen LogP contribution in [0.25, 0.3) is 0 Å². The quantitative estimate of drug-likeness (QED) is 0.549. The number of benzene rings is 1. The third-order valence-corrected chi connectivity index (χ3v) is 4.38. The fourth-order valence-corrected chi connectivity index (χ4v) is 2.84. The average Bonchev–Trinajstić information content (AvgIpc) is 2.58. The number of carbonyl (C=O) groups is 2. The van der Waals surface area contributed by atoms with E-state index in [1.165, 1.54) is 0 Å². The minimum atomic E-state index is -1.00. The van der Waals surface area contributed by atoms with Gasteiger partial charge in [-0.2, -0.15) is 0 Å². The number of aliphatic carboxylic acids is 1. The number of carbonyl (C=O) groups excluding carboxylic acids is 1. The van der Waals surface area contributed by atoms with Gasteiger partial charge in [0.25, 0.3) is 0 Å². The molecule has 0 aliphatic carbocycles. The topological polar surface area (TPSA) is 93.7 Å². The SMILES string of the molecule is Cc1ccc(C)c(NC(=O)C[C@H](NCCN2CCNCC2)C(=O)O)c1. The number of nitrogens with one attached hydrogen (secondary N) is 3. The number of aryl methyl sites for hydroxylation is 2. The second-order valence-electron chi connectivity index (χ2n) is 6.51. The predicted octanol–water partition coefficient (Wildman–Crippen LogP) is 0.580. The number of hydrogen-bond donors (Lipinski definition) is 4. The first-order valence-electron chi connectivity index (χ1n) is 8.72. The van der Waals surface area contributed by atoms with Crippen molar-refractivity contribution in [2.75, 3.05) is 44.6 Å². The van der Waals surface area contributed by atoms with E-state index in [1.54, 1.807) is 0 Å². The zero-order valence-corrected chi connectivity index (χ0v) is 15.0. The number of amides is 1. The van der Waals surface area contributed by atoms with Crippen LogP contribution < -0.4 is 16.0 Å². The van der Waals surface area contributed by atoms with Crippen LogP contribution in [0, 0.1) is 13.8 Å². The smallest absolute Gasteiger partial charge is 0.321 e. The molecule has 1 aliphatic rings. The number of carboxylic acids is 1. The number of nitrogens with zero attached hydrogens (tertiary/aromatic N) is 1. The van der Waals surface area contributed by atoms with E-state index in [9.17, 15) is 14.7 Å². The summed E-state index contributed by atoms with van der Waals surface area (Å²) >= 11 is 0. The Balaban J connectivity index is 1.82. The van der Waals surface area contributed by atoms with Gasteiger partial charge in [0, 0.05) is 45.0 Å². The first-order valence-corrected chi connectivity index (χ1v) is 8.72. The zero-order valence-electron chi connectivity index (χ0n) is 15.0. The summed E-state index contributed by atoms with van der Waals surface area (Å²) in [5.41, 5.74) is 2.73. The second kappa shape index (κ2) is 9.50. The zero-order chi connectivity index (χ0) is 18.2. The van der Waals surface area contributed by atoms with Gasteiger partial charge in [-0.15, -0.1) is 0 Å². The summed E-state index contributed by atoms with van der Waals surface area (Å²) in [6, 6.07) is 4.92. The molecule has 1 aromatic carbocycles. The molecule has 1 aliphatic heterocycles. The van der Waals surface area contributed by atoms with Gasteiger partial charge in [0.2, 0.25) is 5.91 Å². The fourth-order valence-electron chi connectivity index (χ4n) is 2.84. The van der Waals surface area contributed by atoms with Crippen molar-refractivity contribution >= 4 is 17.6 Å². The highest BCUT2D eigenvalue weighted by molar-refractivity contribution is 5.94. The number of hydrogen-bond acceptors (Lipinski definition) is 5. The van der Waals surface area contributed by atoms with E-state index in [1.807, 2.05) is 32.0 Å². The molecule has 25 heavy (non-hydrogen) atoms. The van der Waals surface area contributed by atoms with Gasteiger partial charge in [0.1, 0.15) is 6.04 Å². The lowest BCUT2D eigenvalue weighted by Crippen LogP contribution is -2.48. The summed E-state index contributed by atoms with van der Waals surface area (Å²) in [4.78, 5) is 25.9. The highest BCUT2D eigenvalue weighted by atomic mass is 16.4. The molecule has 0 saturated carbocycles. The molecule has 1 saturated heterocycles. The Morgan fingerprint density at radius 2 is 2.00 bits per heavy atom. The van der Waals surface area contributed by atoms with Gasteiger partial charge in [0.05, 0.1) is 6.42 Å². The average molecular weight is 348 g/mol. The molecule has 7 heteroatoms. The third kappa shape index (κ3) is 6.45. The number of piperazine rings is 1. The van der Waals surface area contributed by atoms with E-state index in [4.69, 9.17) is 0 Å². The summed E-state index contributed by atoms with van der Waals surface area (Å²) < 4.78 is 0. The Kier molecular flexibility index (Phi) is 7.36. The van der Waals surface area contributed by atoms with Crippen LogP contribution in [0.5, 0.6) is 0 Å². The van der Waals surface area contributed by atoms with Gasteiger partial charge in [-0.25, -0.2) is 0 Å². The minimum absolute atomic E-state index is 0.0930. The van der Waals surface area contributed by atoms with Crippen LogP contribution in [-0.4, -0.2) is 67.2 Å². The molecule has 138 valence electrons. The molecule has 0 spiro atoms.